The van der Waals surface area contributed by atoms with E-state index in [1.54, 1.807) is 0 Å². The van der Waals surface area contributed by atoms with Crippen LogP contribution in [-0.2, 0) is 9.53 Å². The molecule has 22 heavy (non-hydrogen) atoms. The van der Waals surface area contributed by atoms with Crippen molar-refractivity contribution in [3.63, 3.8) is 0 Å². The Morgan fingerprint density at radius 2 is 1.95 bits per heavy atom. The Hall–Kier alpha value is -2.14. The normalized spacial score (nSPS) is 11.7. The average Bonchev–Trinajstić information content (AvgIpc) is 2.97. The molecule has 1 amide bonds. The van der Waals surface area contributed by atoms with Gasteiger partial charge in [-0.1, -0.05) is 37.3 Å². The van der Waals surface area contributed by atoms with Crippen molar-refractivity contribution in [3.8, 4) is 0 Å². The number of nitrogens with one attached hydrogen (secondary N) is 1. The van der Waals surface area contributed by atoms with Crippen LogP contribution in [0.1, 0.15) is 33.6 Å². The van der Waals surface area contributed by atoms with E-state index in [4.69, 9.17) is 4.74 Å². The maximum Gasteiger partial charge on any atom is 0.349 e. The molecule has 0 unspecified atom stereocenters. The van der Waals surface area contributed by atoms with Crippen molar-refractivity contribution in [1.29, 1.82) is 0 Å². The lowest BCUT2D eigenvalue weighted by Crippen LogP contribution is -2.31. The van der Waals surface area contributed by atoms with E-state index in [1.165, 1.54) is 11.3 Å². The van der Waals surface area contributed by atoms with Crippen molar-refractivity contribution in [3.05, 3.63) is 57.8 Å². The summed E-state index contributed by atoms with van der Waals surface area (Å²) in [5.41, 5.74) is 2.03. The molecule has 0 aliphatic rings. The van der Waals surface area contributed by atoms with E-state index >= 15 is 0 Å². The summed E-state index contributed by atoms with van der Waals surface area (Å²) in [6.07, 6.45) is 0. The number of rotatable bonds is 6. The number of benzene rings is 1. The fourth-order valence-corrected chi connectivity index (χ4v) is 2.81. The number of carbonyl (C=O) groups is 2. The van der Waals surface area contributed by atoms with Crippen LogP contribution in [-0.4, -0.2) is 25.0 Å². The van der Waals surface area contributed by atoms with E-state index in [2.05, 4.69) is 5.32 Å². The molecule has 4 nitrogen and oxygen atoms in total. The first-order valence-corrected chi connectivity index (χ1v) is 7.98. The van der Waals surface area contributed by atoms with Crippen molar-refractivity contribution >= 4 is 23.2 Å². The van der Waals surface area contributed by atoms with Gasteiger partial charge in [0, 0.05) is 6.54 Å². The maximum absolute atomic E-state index is 11.8. The van der Waals surface area contributed by atoms with E-state index in [0.29, 0.717) is 11.4 Å². The minimum Gasteiger partial charge on any atom is -0.451 e. The minimum atomic E-state index is -0.446. The fraction of sp³-hybridized carbons (Fsp3) is 0.294. The standard InChI is InChI=1S/C17H19NO3S/c1-12-8-9-22-16(12)17(20)21-11-15(19)18-10-13(2)14-6-4-3-5-7-14/h3-9,13H,10-11H2,1-2H3,(H,18,19)/t13-/m1/s1. The predicted octanol–water partition coefficient (Wildman–Crippen LogP) is 3.13. The molecule has 1 aromatic heterocycles. The number of thiophene rings is 1. The van der Waals surface area contributed by atoms with Crippen LogP contribution in [0.5, 0.6) is 0 Å². The smallest absolute Gasteiger partial charge is 0.349 e. The number of esters is 1. The fourth-order valence-electron chi connectivity index (χ4n) is 2.00. The van der Waals surface area contributed by atoms with Crippen molar-refractivity contribution in [2.75, 3.05) is 13.2 Å². The van der Waals surface area contributed by atoms with Crippen molar-refractivity contribution in [2.45, 2.75) is 19.8 Å². The number of hydrogen-bond donors (Lipinski definition) is 1. The molecule has 2 aromatic rings. The van der Waals surface area contributed by atoms with Crippen molar-refractivity contribution in [2.24, 2.45) is 0 Å². The molecule has 0 aliphatic heterocycles. The van der Waals surface area contributed by atoms with Crippen LogP contribution in [0.4, 0.5) is 0 Å². The summed E-state index contributed by atoms with van der Waals surface area (Å²) in [7, 11) is 0. The largest absolute Gasteiger partial charge is 0.451 e. The number of amides is 1. The topological polar surface area (TPSA) is 55.4 Å². The maximum atomic E-state index is 11.8. The second-order valence-corrected chi connectivity index (χ2v) is 6.04. The van der Waals surface area contributed by atoms with E-state index in [9.17, 15) is 9.59 Å². The minimum absolute atomic E-state index is 0.209. The predicted molar refractivity (Wildman–Crippen MR) is 87.2 cm³/mol. The summed E-state index contributed by atoms with van der Waals surface area (Å²) in [6, 6.07) is 11.8. The summed E-state index contributed by atoms with van der Waals surface area (Å²) in [4.78, 5) is 24.1. The summed E-state index contributed by atoms with van der Waals surface area (Å²) in [5.74, 6) is -0.524. The van der Waals surface area contributed by atoms with Gasteiger partial charge in [0.2, 0.25) is 0 Å². The Kier molecular flexibility index (Phi) is 5.72. The zero-order valence-corrected chi connectivity index (χ0v) is 13.5. The summed E-state index contributed by atoms with van der Waals surface area (Å²) in [5, 5.41) is 4.61. The summed E-state index contributed by atoms with van der Waals surface area (Å²) in [6.45, 7) is 4.14. The zero-order chi connectivity index (χ0) is 15.9. The van der Waals surface area contributed by atoms with Crippen LogP contribution in [0.25, 0.3) is 0 Å². The van der Waals surface area contributed by atoms with Crippen LogP contribution in [0, 0.1) is 6.92 Å². The highest BCUT2D eigenvalue weighted by Gasteiger charge is 2.14. The monoisotopic (exact) mass is 317 g/mol. The van der Waals surface area contributed by atoms with Gasteiger partial charge in [-0.25, -0.2) is 4.79 Å². The molecule has 0 fully saturated rings. The molecule has 1 atom stereocenters. The summed E-state index contributed by atoms with van der Waals surface area (Å²) >= 11 is 1.32. The lowest BCUT2D eigenvalue weighted by atomic mass is 10.0. The van der Waals surface area contributed by atoms with Gasteiger partial charge in [0.05, 0.1) is 0 Å². The van der Waals surface area contributed by atoms with Crippen molar-refractivity contribution in [1.82, 2.24) is 5.32 Å². The Morgan fingerprint density at radius 3 is 2.59 bits per heavy atom. The lowest BCUT2D eigenvalue weighted by Gasteiger charge is -2.13. The van der Waals surface area contributed by atoms with Gasteiger partial charge in [-0.15, -0.1) is 11.3 Å². The number of ether oxygens (including phenoxy) is 1. The van der Waals surface area contributed by atoms with E-state index in [0.717, 1.165) is 11.1 Å². The summed E-state index contributed by atoms with van der Waals surface area (Å²) < 4.78 is 5.03. The van der Waals surface area contributed by atoms with Gasteiger partial charge in [-0.2, -0.15) is 0 Å². The van der Waals surface area contributed by atoms with Crippen LogP contribution in [0.15, 0.2) is 41.8 Å². The third-order valence-electron chi connectivity index (χ3n) is 3.36. The number of aryl methyl sites for hydroxylation is 1. The highest BCUT2D eigenvalue weighted by molar-refractivity contribution is 7.12. The quantitative estimate of drug-likeness (QED) is 0.833. The first-order chi connectivity index (χ1) is 10.6. The van der Waals surface area contributed by atoms with Crippen LogP contribution < -0.4 is 5.32 Å². The average molecular weight is 317 g/mol. The molecule has 0 saturated heterocycles. The third kappa shape index (κ3) is 4.43. The second kappa shape index (κ2) is 7.75. The Labute approximate surface area is 134 Å². The molecular formula is C17H19NO3S. The molecule has 0 saturated carbocycles. The van der Waals surface area contributed by atoms with Gasteiger partial charge >= 0.3 is 5.97 Å². The molecular weight excluding hydrogens is 298 g/mol. The van der Waals surface area contributed by atoms with Gasteiger partial charge in [-0.3, -0.25) is 4.79 Å². The van der Waals surface area contributed by atoms with E-state index < -0.39 is 5.97 Å². The zero-order valence-electron chi connectivity index (χ0n) is 12.7. The number of carbonyl (C=O) groups excluding carboxylic acids is 2. The van der Waals surface area contributed by atoms with Gasteiger partial charge in [0.15, 0.2) is 6.61 Å². The molecule has 1 aromatic carbocycles. The molecule has 5 heteroatoms. The van der Waals surface area contributed by atoms with Gasteiger partial charge in [0.25, 0.3) is 5.91 Å². The Bertz CT molecular complexity index is 636. The first-order valence-electron chi connectivity index (χ1n) is 7.10. The van der Waals surface area contributed by atoms with Crippen LogP contribution in [0.3, 0.4) is 0 Å². The van der Waals surface area contributed by atoms with Gasteiger partial charge in [-0.05, 0) is 35.4 Å². The Balaban J connectivity index is 1.74. The molecule has 1 N–H and O–H groups in total. The molecule has 0 aliphatic carbocycles. The second-order valence-electron chi connectivity index (χ2n) is 5.12. The Morgan fingerprint density at radius 1 is 1.23 bits per heavy atom. The molecule has 2 rings (SSSR count). The highest BCUT2D eigenvalue weighted by Crippen LogP contribution is 2.16. The number of hydrogen-bond acceptors (Lipinski definition) is 4. The third-order valence-corrected chi connectivity index (χ3v) is 4.35. The molecule has 116 valence electrons. The molecule has 0 radical (unpaired) electrons. The molecule has 0 bridgehead atoms. The molecule has 1 heterocycles. The van der Waals surface area contributed by atoms with Crippen LogP contribution >= 0.6 is 11.3 Å². The first kappa shape index (κ1) is 16.2. The van der Waals surface area contributed by atoms with E-state index in [-0.39, 0.29) is 18.4 Å². The lowest BCUT2D eigenvalue weighted by molar-refractivity contribution is -0.124. The van der Waals surface area contributed by atoms with Gasteiger partial charge < -0.3 is 10.1 Å². The van der Waals surface area contributed by atoms with E-state index in [1.807, 2.05) is 55.6 Å². The van der Waals surface area contributed by atoms with Gasteiger partial charge in [0.1, 0.15) is 4.88 Å². The van der Waals surface area contributed by atoms with Crippen molar-refractivity contribution < 1.29 is 14.3 Å². The SMILES string of the molecule is Cc1ccsc1C(=O)OCC(=O)NC[C@@H](C)c1ccccc1. The highest BCUT2D eigenvalue weighted by atomic mass is 32.1. The molecule has 0 spiro atoms. The van der Waals surface area contributed by atoms with Crippen LogP contribution in [0.2, 0.25) is 0 Å².